The molecular formula is C34H36ClF3N4O8. The average Bonchev–Trinajstić information content (AvgIpc) is 3.68. The van der Waals surface area contributed by atoms with Crippen LogP contribution < -0.4 is 25.6 Å². The highest BCUT2D eigenvalue weighted by Gasteiger charge is 2.44. The number of nitrogens with two attached hydrogens (primary N) is 1. The summed E-state index contributed by atoms with van der Waals surface area (Å²) in [5, 5.41) is 12.3. The second-order valence-corrected chi connectivity index (χ2v) is 12.4. The van der Waals surface area contributed by atoms with Gasteiger partial charge >= 0.3 is 18.2 Å². The number of anilines is 1. The molecule has 50 heavy (non-hydrogen) atoms. The summed E-state index contributed by atoms with van der Waals surface area (Å²) >= 11 is 6.08. The molecule has 0 aromatic heterocycles. The smallest absolute Gasteiger partial charge is 0.430 e. The SMILES string of the molecule is CCOC(=O)c1ccc(NC(=O)N([C@@H]2CC[N+](C)(Cc3ccc4c(c3)OCO4)C2)[C@@H](Cc2ccc(Cl)cc2)C(N)=O)cc1.O=C([O-])C(F)(F)F. The van der Waals surface area contributed by atoms with Crippen molar-refractivity contribution in [3.8, 4) is 11.5 Å². The normalized spacial score (nSPS) is 18.3. The number of ether oxygens (including phenoxy) is 3. The molecule has 0 spiro atoms. The first-order chi connectivity index (χ1) is 23.6. The zero-order valence-corrected chi connectivity index (χ0v) is 28.0. The molecule has 0 aliphatic carbocycles. The Labute approximate surface area is 291 Å². The Hall–Kier alpha value is -5.02. The van der Waals surface area contributed by atoms with Crippen LogP contribution in [0.2, 0.25) is 5.02 Å². The van der Waals surface area contributed by atoms with E-state index in [-0.39, 0.29) is 25.9 Å². The number of alkyl halides is 3. The fourth-order valence-corrected chi connectivity index (χ4v) is 5.96. The maximum Gasteiger partial charge on any atom is 0.430 e. The zero-order valence-electron chi connectivity index (χ0n) is 27.2. The van der Waals surface area contributed by atoms with Crippen molar-refractivity contribution in [3.63, 3.8) is 0 Å². The molecule has 2 aliphatic rings. The van der Waals surface area contributed by atoms with Crippen molar-refractivity contribution in [3.05, 3.63) is 88.4 Å². The number of quaternary nitrogens is 1. The van der Waals surface area contributed by atoms with Gasteiger partial charge in [-0.05, 0) is 67.1 Å². The largest absolute Gasteiger partial charge is 0.542 e. The maximum atomic E-state index is 14.0. The van der Waals surface area contributed by atoms with Gasteiger partial charge in [0.25, 0.3) is 0 Å². The van der Waals surface area contributed by atoms with Crippen LogP contribution in [-0.4, -0.2) is 85.1 Å². The highest BCUT2D eigenvalue weighted by molar-refractivity contribution is 6.30. The van der Waals surface area contributed by atoms with Gasteiger partial charge in [0.1, 0.15) is 18.6 Å². The van der Waals surface area contributed by atoms with Crippen molar-refractivity contribution in [2.75, 3.05) is 38.9 Å². The second-order valence-electron chi connectivity index (χ2n) is 12.0. The Kier molecular flexibility index (Phi) is 12.2. The van der Waals surface area contributed by atoms with Crippen LogP contribution >= 0.6 is 11.6 Å². The maximum absolute atomic E-state index is 14.0. The summed E-state index contributed by atoms with van der Waals surface area (Å²) in [5.41, 5.74) is 8.76. The number of carbonyl (C=O) groups is 4. The molecule has 2 heterocycles. The summed E-state index contributed by atoms with van der Waals surface area (Å²) in [6, 6.07) is 17.9. The van der Waals surface area contributed by atoms with Crippen LogP contribution in [0.1, 0.15) is 34.8 Å². The van der Waals surface area contributed by atoms with Crippen molar-refractivity contribution in [2.24, 2.45) is 5.73 Å². The summed E-state index contributed by atoms with van der Waals surface area (Å²) in [6.45, 7) is 4.35. The number of primary amides is 1. The van der Waals surface area contributed by atoms with Gasteiger partial charge in [-0.1, -0.05) is 23.7 Å². The third-order valence-electron chi connectivity index (χ3n) is 8.17. The van der Waals surface area contributed by atoms with E-state index in [4.69, 9.17) is 41.4 Å². The van der Waals surface area contributed by atoms with Crippen LogP contribution in [0.15, 0.2) is 66.7 Å². The van der Waals surface area contributed by atoms with Gasteiger partial charge in [0.2, 0.25) is 12.7 Å². The topological polar surface area (TPSA) is 160 Å². The third-order valence-corrected chi connectivity index (χ3v) is 8.42. The number of halogens is 4. The van der Waals surface area contributed by atoms with Gasteiger partial charge in [-0.25, -0.2) is 9.59 Å². The van der Waals surface area contributed by atoms with Crippen molar-refractivity contribution in [2.45, 2.75) is 44.6 Å². The monoisotopic (exact) mass is 720 g/mol. The van der Waals surface area contributed by atoms with Gasteiger partial charge in [0, 0.05) is 29.1 Å². The molecular weight excluding hydrogens is 685 g/mol. The molecule has 0 saturated carbocycles. The van der Waals surface area contributed by atoms with Crippen molar-refractivity contribution in [1.82, 2.24) is 4.90 Å². The van der Waals surface area contributed by atoms with E-state index < -0.39 is 36.1 Å². The first-order valence-corrected chi connectivity index (χ1v) is 15.9. The van der Waals surface area contributed by atoms with E-state index in [2.05, 4.69) is 12.4 Å². The minimum atomic E-state index is -5.19. The molecule has 0 radical (unpaired) electrons. The Morgan fingerprint density at radius 1 is 1.04 bits per heavy atom. The molecule has 16 heteroatoms. The summed E-state index contributed by atoms with van der Waals surface area (Å²) in [7, 11) is 2.15. The van der Waals surface area contributed by atoms with Crippen molar-refractivity contribution >= 4 is 41.2 Å². The van der Waals surface area contributed by atoms with E-state index in [1.165, 1.54) is 0 Å². The van der Waals surface area contributed by atoms with Gasteiger partial charge in [-0.3, -0.25) is 4.79 Å². The number of likely N-dealkylation sites (N-methyl/N-ethyl adjacent to an activating group) is 1. The van der Waals surface area contributed by atoms with Crippen LogP contribution in [-0.2, 0) is 27.3 Å². The lowest BCUT2D eigenvalue weighted by Gasteiger charge is -2.36. The Balaban J connectivity index is 0.000000727. The van der Waals surface area contributed by atoms with E-state index in [0.717, 1.165) is 35.7 Å². The minimum Gasteiger partial charge on any atom is -0.542 e. The molecule has 3 atom stereocenters. The number of hydrogen-bond donors (Lipinski definition) is 2. The van der Waals surface area contributed by atoms with Crippen LogP contribution in [0.25, 0.3) is 0 Å². The third kappa shape index (κ3) is 10.0. The molecule has 3 N–H and O–H groups in total. The van der Waals surface area contributed by atoms with Crippen LogP contribution in [0, 0.1) is 0 Å². The Morgan fingerprint density at radius 3 is 2.26 bits per heavy atom. The van der Waals surface area contributed by atoms with Gasteiger partial charge in [-0.15, -0.1) is 0 Å². The number of aliphatic carboxylic acids is 1. The predicted molar refractivity (Wildman–Crippen MR) is 173 cm³/mol. The van der Waals surface area contributed by atoms with E-state index >= 15 is 0 Å². The number of amides is 3. The molecule has 1 fully saturated rings. The highest BCUT2D eigenvalue weighted by atomic mass is 35.5. The number of carbonyl (C=O) groups excluding carboxylic acids is 4. The molecule has 1 saturated heterocycles. The first-order valence-electron chi connectivity index (χ1n) is 15.5. The number of urea groups is 1. The number of benzene rings is 3. The van der Waals surface area contributed by atoms with Crippen LogP contribution in [0.5, 0.6) is 11.5 Å². The van der Waals surface area contributed by atoms with Gasteiger partial charge < -0.3 is 44.5 Å². The first kappa shape index (κ1) is 37.8. The number of carboxylic acid groups (broad SMARTS) is 1. The lowest BCUT2D eigenvalue weighted by Crippen LogP contribution is -2.56. The molecule has 3 aromatic rings. The van der Waals surface area contributed by atoms with Crippen LogP contribution in [0.4, 0.5) is 23.7 Å². The van der Waals surface area contributed by atoms with Gasteiger partial charge in [0.05, 0.1) is 38.3 Å². The van der Waals surface area contributed by atoms with E-state index in [0.29, 0.717) is 33.7 Å². The number of carboxylic acids is 1. The summed E-state index contributed by atoms with van der Waals surface area (Å²) in [4.78, 5) is 49.4. The Bertz CT molecular complexity index is 1690. The summed E-state index contributed by atoms with van der Waals surface area (Å²) in [6.07, 6.45) is -4.27. The molecule has 268 valence electrons. The number of nitrogens with one attached hydrogen (secondary N) is 1. The molecule has 3 aromatic carbocycles. The van der Waals surface area contributed by atoms with Gasteiger partial charge in [-0.2, -0.15) is 13.2 Å². The fraction of sp³-hybridized carbons (Fsp3) is 0.353. The van der Waals surface area contributed by atoms with E-state index in [1.54, 1.807) is 48.2 Å². The molecule has 12 nitrogen and oxygen atoms in total. The standard InChI is InChI=1S/C32H35ClN4O6.C2HF3O2/c1-3-41-31(39)23-7-11-25(12-8-23)35-32(40)36(27(30(34)38)16-21-4-9-24(33)10-5-21)26-14-15-37(2,19-26)18-22-6-13-28-29(17-22)43-20-42-28;3-2(4,5)1(6)7/h4-13,17,26-27H,3,14-16,18-20H2,1-2H3,(H2-,34,35,38,39,40);(H,6,7)/t26-,27+,37?;/m1./s1. The highest BCUT2D eigenvalue weighted by Crippen LogP contribution is 2.35. The number of rotatable bonds is 10. The summed E-state index contributed by atoms with van der Waals surface area (Å²) in [5.74, 6) is -2.58. The number of fused-ring (bicyclic) bond motifs is 1. The number of hydrogen-bond acceptors (Lipinski definition) is 8. The molecule has 0 bridgehead atoms. The molecule has 2 aliphatic heterocycles. The molecule has 5 rings (SSSR count). The summed E-state index contributed by atoms with van der Waals surface area (Å²) < 4.78 is 48.3. The quantitative estimate of drug-likeness (QED) is 0.236. The average molecular weight is 721 g/mol. The lowest BCUT2D eigenvalue weighted by atomic mass is 10.0. The Morgan fingerprint density at radius 2 is 1.66 bits per heavy atom. The molecule has 1 unspecified atom stereocenters. The van der Waals surface area contributed by atoms with Crippen molar-refractivity contribution in [1.29, 1.82) is 0 Å². The number of nitrogens with zero attached hydrogens (tertiary/aromatic N) is 2. The fourth-order valence-electron chi connectivity index (χ4n) is 5.84. The zero-order chi connectivity index (χ0) is 36.6. The second kappa shape index (κ2) is 16.1. The molecule has 3 amide bonds. The van der Waals surface area contributed by atoms with E-state index in [9.17, 15) is 27.6 Å². The predicted octanol–water partition coefficient (Wildman–Crippen LogP) is 3.89. The van der Waals surface area contributed by atoms with Crippen molar-refractivity contribution < 1.29 is 56.1 Å². The number of esters is 1. The van der Waals surface area contributed by atoms with E-state index in [1.807, 2.05) is 30.3 Å². The number of likely N-dealkylation sites (tertiary alicyclic amines) is 1. The van der Waals surface area contributed by atoms with Gasteiger partial charge in [0.15, 0.2) is 11.5 Å². The van der Waals surface area contributed by atoms with Crippen LogP contribution in [0.3, 0.4) is 0 Å². The minimum absolute atomic E-state index is 0.213. The lowest BCUT2D eigenvalue weighted by molar-refractivity contribution is -0.911.